The number of hydrogen-bond acceptors (Lipinski definition) is 4. The highest BCUT2D eigenvalue weighted by atomic mass is 16.3. The van der Waals surface area contributed by atoms with Gasteiger partial charge in [0.15, 0.2) is 0 Å². The van der Waals surface area contributed by atoms with Gasteiger partial charge in [-0.25, -0.2) is 4.79 Å². The summed E-state index contributed by atoms with van der Waals surface area (Å²) in [4.78, 5) is 33.0. The first-order chi connectivity index (χ1) is 20.4. The van der Waals surface area contributed by atoms with Crippen LogP contribution in [0.25, 0.3) is 0 Å². The molecule has 1 aliphatic heterocycles. The van der Waals surface area contributed by atoms with Gasteiger partial charge in [-0.15, -0.1) is 0 Å². The summed E-state index contributed by atoms with van der Waals surface area (Å²) in [6, 6.07) is 26.0. The maximum atomic E-state index is 13.6. The SMILES string of the molecule is CN(C)c1ccc(N(Cc2ccc(C3CCCCC3C(=O)NC(CO)c3ccccc3)cc2)C(=O)N2CCCC2)cc1. The molecule has 5 rings (SSSR count). The van der Waals surface area contributed by atoms with Crippen LogP contribution in [0.5, 0.6) is 0 Å². The Hall–Kier alpha value is -3.84. The zero-order valence-corrected chi connectivity index (χ0v) is 24.9. The van der Waals surface area contributed by atoms with Gasteiger partial charge in [-0.05, 0) is 72.6 Å². The van der Waals surface area contributed by atoms with E-state index in [0.29, 0.717) is 6.54 Å². The second-order valence-corrected chi connectivity index (χ2v) is 11.9. The minimum atomic E-state index is -0.408. The molecule has 0 bridgehead atoms. The maximum Gasteiger partial charge on any atom is 0.324 e. The van der Waals surface area contributed by atoms with Crippen molar-refractivity contribution in [3.05, 3.63) is 95.6 Å². The molecule has 42 heavy (non-hydrogen) atoms. The number of anilines is 2. The Bertz CT molecular complexity index is 1300. The van der Waals surface area contributed by atoms with Crippen molar-refractivity contribution in [1.29, 1.82) is 0 Å². The Morgan fingerprint density at radius 3 is 2.14 bits per heavy atom. The van der Waals surface area contributed by atoms with Gasteiger partial charge in [0.25, 0.3) is 0 Å². The van der Waals surface area contributed by atoms with Gasteiger partial charge in [-0.3, -0.25) is 9.69 Å². The Balaban J connectivity index is 1.31. The molecule has 7 nitrogen and oxygen atoms in total. The number of nitrogens with one attached hydrogen (secondary N) is 1. The van der Waals surface area contributed by atoms with Gasteiger partial charge < -0.3 is 20.2 Å². The molecular formula is C35H44N4O3. The van der Waals surface area contributed by atoms with E-state index in [1.807, 2.05) is 66.4 Å². The van der Waals surface area contributed by atoms with E-state index in [0.717, 1.165) is 79.7 Å². The summed E-state index contributed by atoms with van der Waals surface area (Å²) in [6.45, 7) is 1.96. The molecule has 2 N–H and O–H groups in total. The normalized spacial score (nSPS) is 19.3. The second-order valence-electron chi connectivity index (χ2n) is 11.9. The van der Waals surface area contributed by atoms with E-state index < -0.39 is 6.04 Å². The first-order valence-corrected chi connectivity index (χ1v) is 15.3. The third-order valence-electron chi connectivity index (χ3n) is 8.84. The smallest absolute Gasteiger partial charge is 0.324 e. The Morgan fingerprint density at radius 1 is 0.857 bits per heavy atom. The van der Waals surface area contributed by atoms with Gasteiger partial charge in [-0.2, -0.15) is 0 Å². The topological polar surface area (TPSA) is 76.1 Å². The summed E-state index contributed by atoms with van der Waals surface area (Å²) in [6.07, 6.45) is 6.03. The highest BCUT2D eigenvalue weighted by Crippen LogP contribution is 2.38. The number of urea groups is 1. The fraction of sp³-hybridized carbons (Fsp3) is 0.429. The third kappa shape index (κ3) is 6.96. The van der Waals surface area contributed by atoms with Gasteiger partial charge in [-0.1, -0.05) is 67.4 Å². The Labute approximate surface area is 250 Å². The van der Waals surface area contributed by atoms with Crippen molar-refractivity contribution in [2.24, 2.45) is 5.92 Å². The Morgan fingerprint density at radius 2 is 1.50 bits per heavy atom. The molecule has 0 spiro atoms. The number of nitrogens with zero attached hydrogens (tertiary/aromatic N) is 3. The monoisotopic (exact) mass is 568 g/mol. The average Bonchev–Trinajstić information content (AvgIpc) is 3.58. The Kier molecular flexibility index (Phi) is 9.80. The van der Waals surface area contributed by atoms with E-state index in [1.165, 1.54) is 0 Å². The van der Waals surface area contributed by atoms with Crippen LogP contribution in [0.2, 0.25) is 0 Å². The predicted molar refractivity (Wildman–Crippen MR) is 169 cm³/mol. The van der Waals surface area contributed by atoms with Crippen molar-refractivity contribution in [3.63, 3.8) is 0 Å². The zero-order valence-electron chi connectivity index (χ0n) is 24.9. The van der Waals surface area contributed by atoms with E-state index in [9.17, 15) is 14.7 Å². The molecule has 2 aliphatic rings. The molecule has 3 aromatic rings. The lowest BCUT2D eigenvalue weighted by molar-refractivity contribution is -0.127. The molecule has 3 unspecified atom stereocenters. The van der Waals surface area contributed by atoms with Crippen LogP contribution in [-0.4, -0.2) is 55.7 Å². The van der Waals surface area contributed by atoms with E-state index in [1.54, 1.807) is 0 Å². The van der Waals surface area contributed by atoms with Crippen LogP contribution in [0, 0.1) is 5.92 Å². The molecular weight excluding hydrogens is 524 g/mol. The van der Waals surface area contributed by atoms with Gasteiger partial charge in [0.1, 0.15) is 0 Å². The van der Waals surface area contributed by atoms with Crippen LogP contribution in [0.1, 0.15) is 67.2 Å². The van der Waals surface area contributed by atoms with E-state index in [-0.39, 0.29) is 30.4 Å². The third-order valence-corrected chi connectivity index (χ3v) is 8.84. The number of aliphatic hydroxyl groups is 1. The number of carbonyl (C=O) groups excluding carboxylic acids is 2. The molecule has 1 saturated carbocycles. The molecule has 0 aromatic heterocycles. The molecule has 3 atom stereocenters. The molecule has 2 fully saturated rings. The average molecular weight is 569 g/mol. The number of hydrogen-bond donors (Lipinski definition) is 2. The number of benzene rings is 3. The van der Waals surface area contributed by atoms with Crippen LogP contribution < -0.4 is 15.1 Å². The van der Waals surface area contributed by atoms with Crippen molar-refractivity contribution < 1.29 is 14.7 Å². The minimum Gasteiger partial charge on any atom is -0.394 e. The van der Waals surface area contributed by atoms with Crippen LogP contribution in [0.15, 0.2) is 78.9 Å². The molecule has 3 amide bonds. The lowest BCUT2D eigenvalue weighted by atomic mass is 9.74. The van der Waals surface area contributed by atoms with Gasteiger partial charge in [0.2, 0.25) is 5.91 Å². The van der Waals surface area contributed by atoms with Crippen LogP contribution in [0.4, 0.5) is 16.2 Å². The molecule has 3 aromatic carbocycles. The van der Waals surface area contributed by atoms with E-state index >= 15 is 0 Å². The molecule has 0 radical (unpaired) electrons. The van der Waals surface area contributed by atoms with Gasteiger partial charge in [0, 0.05) is 44.5 Å². The van der Waals surface area contributed by atoms with E-state index in [2.05, 4.69) is 46.6 Å². The summed E-state index contributed by atoms with van der Waals surface area (Å²) in [5.41, 5.74) is 5.12. The first kappa shape index (κ1) is 29.6. The number of amides is 3. The largest absolute Gasteiger partial charge is 0.394 e. The van der Waals surface area contributed by atoms with Gasteiger partial charge in [0.05, 0.1) is 19.2 Å². The van der Waals surface area contributed by atoms with Gasteiger partial charge >= 0.3 is 6.03 Å². The van der Waals surface area contributed by atoms with Crippen LogP contribution >= 0.6 is 0 Å². The highest BCUT2D eigenvalue weighted by Gasteiger charge is 2.33. The molecule has 222 valence electrons. The van der Waals surface area contributed by atoms with Crippen molar-refractivity contribution in [3.8, 4) is 0 Å². The van der Waals surface area contributed by atoms with Crippen molar-refractivity contribution in [1.82, 2.24) is 10.2 Å². The number of aliphatic hydroxyl groups excluding tert-OH is 1. The fourth-order valence-electron chi connectivity index (χ4n) is 6.37. The summed E-state index contributed by atoms with van der Waals surface area (Å²) in [5.74, 6) is 0.00452. The van der Waals surface area contributed by atoms with E-state index in [4.69, 9.17) is 0 Å². The lowest BCUT2D eigenvalue weighted by Crippen LogP contribution is -2.41. The first-order valence-electron chi connectivity index (χ1n) is 15.3. The van der Waals surface area contributed by atoms with Crippen molar-refractivity contribution >= 4 is 23.3 Å². The standard InChI is InChI=1S/C35H44N4O3/c1-37(2)29-18-20-30(21-19-29)39(35(42)38-22-8-9-23-38)24-26-14-16-27(17-15-26)31-12-6-7-13-32(31)34(41)36-33(25-40)28-10-4-3-5-11-28/h3-5,10-11,14-21,31-33,40H,6-9,12-13,22-25H2,1-2H3,(H,36,41). The summed E-state index contributed by atoms with van der Waals surface area (Å²) in [5, 5.41) is 13.1. The second kappa shape index (κ2) is 13.9. The molecule has 1 heterocycles. The zero-order chi connectivity index (χ0) is 29.5. The van der Waals surface area contributed by atoms with Crippen molar-refractivity contribution in [2.45, 2.75) is 57.0 Å². The summed E-state index contributed by atoms with van der Waals surface area (Å²) < 4.78 is 0. The van der Waals surface area contributed by atoms with Crippen LogP contribution in [0.3, 0.4) is 0 Å². The quantitative estimate of drug-likeness (QED) is 0.327. The summed E-state index contributed by atoms with van der Waals surface area (Å²) in [7, 11) is 4.02. The highest BCUT2D eigenvalue weighted by molar-refractivity contribution is 5.92. The predicted octanol–water partition coefficient (Wildman–Crippen LogP) is 6.10. The van der Waals surface area contributed by atoms with Crippen molar-refractivity contribution in [2.75, 3.05) is 43.6 Å². The molecule has 1 saturated heterocycles. The number of rotatable bonds is 9. The summed E-state index contributed by atoms with van der Waals surface area (Å²) >= 11 is 0. The number of likely N-dealkylation sites (tertiary alicyclic amines) is 1. The minimum absolute atomic E-state index is 0.00948. The van der Waals surface area contributed by atoms with Crippen LogP contribution in [-0.2, 0) is 11.3 Å². The molecule has 1 aliphatic carbocycles. The lowest BCUT2D eigenvalue weighted by Gasteiger charge is -2.32. The fourth-order valence-corrected chi connectivity index (χ4v) is 6.37. The maximum absolute atomic E-state index is 13.6. The molecule has 7 heteroatoms. The number of carbonyl (C=O) groups is 2.